The van der Waals surface area contributed by atoms with E-state index in [0.717, 1.165) is 17.8 Å². The molecule has 3 N–H and O–H groups in total. The number of nitrogens with one attached hydrogen (secondary N) is 1. The molecule has 0 aliphatic rings. The second-order valence-corrected chi connectivity index (χ2v) is 6.88. The zero-order chi connectivity index (χ0) is 20.7. The van der Waals surface area contributed by atoms with E-state index in [1.165, 1.54) is 0 Å². The lowest BCUT2D eigenvalue weighted by Gasteiger charge is -2.24. The van der Waals surface area contributed by atoms with E-state index in [1.807, 2.05) is 33.0 Å². The Hall–Kier alpha value is -2.78. The van der Waals surface area contributed by atoms with Gasteiger partial charge in [0, 0.05) is 56.5 Å². The van der Waals surface area contributed by atoms with E-state index in [0.29, 0.717) is 31.0 Å². The van der Waals surface area contributed by atoms with Crippen molar-refractivity contribution < 1.29 is 9.59 Å². The number of likely N-dealkylation sites (N-methyl/N-ethyl adjacent to an activating group) is 1. The van der Waals surface area contributed by atoms with Gasteiger partial charge in [-0.05, 0) is 39.1 Å². The summed E-state index contributed by atoms with van der Waals surface area (Å²) in [6, 6.07) is 1.69. The van der Waals surface area contributed by atoms with Crippen LogP contribution < -0.4 is 11.1 Å². The van der Waals surface area contributed by atoms with E-state index in [9.17, 15) is 9.59 Å². The first-order valence-electron chi connectivity index (χ1n) is 9.19. The van der Waals surface area contributed by atoms with Gasteiger partial charge in [-0.2, -0.15) is 0 Å². The highest BCUT2D eigenvalue weighted by molar-refractivity contribution is 6.04. The van der Waals surface area contributed by atoms with Gasteiger partial charge in [-0.3, -0.25) is 19.9 Å². The summed E-state index contributed by atoms with van der Waals surface area (Å²) < 4.78 is 1.73. The molecule has 0 fully saturated rings. The van der Waals surface area contributed by atoms with Crippen molar-refractivity contribution in [3.8, 4) is 0 Å². The van der Waals surface area contributed by atoms with Crippen LogP contribution in [0.2, 0.25) is 0 Å². The number of nitrogens with two attached hydrogens (primary N) is 1. The molecule has 0 aliphatic heterocycles. The number of amides is 2. The second-order valence-electron chi connectivity index (χ2n) is 6.88. The average molecular weight is 387 g/mol. The number of anilines is 1. The molecule has 0 spiro atoms. The number of rotatable bonds is 9. The van der Waals surface area contributed by atoms with Gasteiger partial charge < -0.3 is 20.1 Å². The van der Waals surface area contributed by atoms with Gasteiger partial charge in [-0.25, -0.2) is 4.98 Å². The molecule has 0 saturated heterocycles. The summed E-state index contributed by atoms with van der Waals surface area (Å²) in [6.07, 6.45) is 5.51. The molecule has 2 aromatic rings. The third kappa shape index (κ3) is 5.61. The van der Waals surface area contributed by atoms with Crippen molar-refractivity contribution >= 4 is 17.8 Å². The van der Waals surface area contributed by atoms with E-state index in [4.69, 9.17) is 5.73 Å². The predicted molar refractivity (Wildman–Crippen MR) is 108 cm³/mol. The zero-order valence-corrected chi connectivity index (χ0v) is 17.0. The minimum absolute atomic E-state index is 0.0358. The Kier molecular flexibility index (Phi) is 7.65. The molecule has 2 aromatic heterocycles. The van der Waals surface area contributed by atoms with Crippen LogP contribution in [0.3, 0.4) is 0 Å². The molecule has 0 radical (unpaired) electrons. The first-order chi connectivity index (χ1) is 13.3. The van der Waals surface area contributed by atoms with Crippen LogP contribution in [0.5, 0.6) is 0 Å². The highest BCUT2D eigenvalue weighted by atomic mass is 16.2. The van der Waals surface area contributed by atoms with Crippen molar-refractivity contribution in [2.75, 3.05) is 45.6 Å². The summed E-state index contributed by atoms with van der Waals surface area (Å²) >= 11 is 0. The number of nitrogens with zero attached hydrogens (tertiary/aromatic N) is 5. The SMILES string of the molecule is Cc1nccc(C(=O)Nc2nccn2C)c1CCN(CCN(C)C)C(=O)CN. The van der Waals surface area contributed by atoms with Crippen molar-refractivity contribution in [1.82, 2.24) is 24.3 Å². The Labute approximate surface area is 165 Å². The van der Waals surface area contributed by atoms with Crippen molar-refractivity contribution in [2.45, 2.75) is 13.3 Å². The lowest BCUT2D eigenvalue weighted by Crippen LogP contribution is -2.41. The summed E-state index contributed by atoms with van der Waals surface area (Å²) in [7, 11) is 5.72. The Morgan fingerprint density at radius 3 is 2.54 bits per heavy atom. The van der Waals surface area contributed by atoms with Crippen LogP contribution >= 0.6 is 0 Å². The quantitative estimate of drug-likeness (QED) is 0.639. The number of carbonyl (C=O) groups is 2. The zero-order valence-electron chi connectivity index (χ0n) is 17.0. The van der Waals surface area contributed by atoms with Gasteiger partial charge in [0.2, 0.25) is 11.9 Å². The van der Waals surface area contributed by atoms with Crippen molar-refractivity contribution in [3.63, 3.8) is 0 Å². The lowest BCUT2D eigenvalue weighted by atomic mass is 10.0. The van der Waals surface area contributed by atoms with Crippen LogP contribution in [0.1, 0.15) is 21.6 Å². The molecule has 2 amide bonds. The summed E-state index contributed by atoms with van der Waals surface area (Å²) in [4.78, 5) is 37.1. The molecule has 9 nitrogen and oxygen atoms in total. The Bertz CT molecular complexity index is 816. The van der Waals surface area contributed by atoms with Crippen LogP contribution in [0.25, 0.3) is 0 Å². The maximum Gasteiger partial charge on any atom is 0.258 e. The number of aromatic nitrogens is 3. The maximum atomic E-state index is 12.8. The summed E-state index contributed by atoms with van der Waals surface area (Å²) in [5.41, 5.74) is 7.66. The first-order valence-corrected chi connectivity index (χ1v) is 9.19. The number of aryl methyl sites for hydroxylation is 2. The van der Waals surface area contributed by atoms with Gasteiger partial charge in [0.1, 0.15) is 0 Å². The van der Waals surface area contributed by atoms with Crippen LogP contribution in [-0.4, -0.2) is 76.4 Å². The Morgan fingerprint density at radius 2 is 1.93 bits per heavy atom. The molecule has 9 heteroatoms. The third-order valence-corrected chi connectivity index (χ3v) is 4.54. The number of pyridine rings is 1. The smallest absolute Gasteiger partial charge is 0.258 e. The van der Waals surface area contributed by atoms with E-state index in [-0.39, 0.29) is 18.4 Å². The Balaban J connectivity index is 2.16. The highest BCUT2D eigenvalue weighted by Crippen LogP contribution is 2.15. The lowest BCUT2D eigenvalue weighted by molar-refractivity contribution is -0.129. The molecular weight excluding hydrogens is 358 g/mol. The van der Waals surface area contributed by atoms with Gasteiger partial charge in [-0.1, -0.05) is 0 Å². The summed E-state index contributed by atoms with van der Waals surface area (Å²) in [5, 5.41) is 2.81. The van der Waals surface area contributed by atoms with E-state index >= 15 is 0 Å². The van der Waals surface area contributed by atoms with Gasteiger partial charge in [0.05, 0.1) is 6.54 Å². The normalized spacial score (nSPS) is 10.9. The second kappa shape index (κ2) is 9.95. The molecule has 152 valence electrons. The monoisotopic (exact) mass is 387 g/mol. The molecule has 0 aromatic carbocycles. The predicted octanol–water partition coefficient (Wildman–Crippen LogP) is 0.267. The number of hydrogen-bond acceptors (Lipinski definition) is 6. The van der Waals surface area contributed by atoms with Crippen LogP contribution in [0.15, 0.2) is 24.7 Å². The fraction of sp³-hybridized carbons (Fsp3) is 0.474. The summed E-state index contributed by atoms with van der Waals surface area (Å²) in [6.45, 7) is 3.62. The van der Waals surface area contributed by atoms with Crippen LogP contribution in [0, 0.1) is 6.92 Å². The minimum atomic E-state index is -0.250. The van der Waals surface area contributed by atoms with Gasteiger partial charge >= 0.3 is 0 Å². The number of imidazole rings is 1. The molecule has 0 aliphatic carbocycles. The number of carbonyl (C=O) groups excluding carboxylic acids is 2. The fourth-order valence-corrected chi connectivity index (χ4v) is 2.84. The highest BCUT2D eigenvalue weighted by Gasteiger charge is 2.18. The maximum absolute atomic E-state index is 12.8. The molecule has 0 saturated carbocycles. The summed E-state index contributed by atoms with van der Waals surface area (Å²) in [5.74, 6) is 0.110. The van der Waals surface area contributed by atoms with E-state index in [1.54, 1.807) is 34.1 Å². The molecule has 2 rings (SSSR count). The molecule has 0 atom stereocenters. The first kappa shape index (κ1) is 21.5. The van der Waals surface area contributed by atoms with Crippen molar-refractivity contribution in [1.29, 1.82) is 0 Å². The molecule has 0 unspecified atom stereocenters. The van der Waals surface area contributed by atoms with Crippen LogP contribution in [0.4, 0.5) is 5.95 Å². The fourth-order valence-electron chi connectivity index (χ4n) is 2.84. The number of hydrogen-bond donors (Lipinski definition) is 2. The van der Waals surface area contributed by atoms with Gasteiger partial charge in [0.25, 0.3) is 5.91 Å². The van der Waals surface area contributed by atoms with E-state index in [2.05, 4.69) is 15.3 Å². The topological polar surface area (TPSA) is 109 Å². The van der Waals surface area contributed by atoms with Gasteiger partial charge in [-0.15, -0.1) is 0 Å². The standard InChI is InChI=1S/C19H29N7O2/c1-14-15(6-9-26(17(27)13-20)12-11-24(2)3)16(5-7-21-14)18(28)23-19-22-8-10-25(19)4/h5,7-8,10H,6,9,11-13,20H2,1-4H3,(H,22,23,28). The molecule has 0 bridgehead atoms. The molecular formula is C19H29N7O2. The average Bonchev–Trinajstić information content (AvgIpc) is 3.06. The van der Waals surface area contributed by atoms with Crippen molar-refractivity contribution in [2.24, 2.45) is 12.8 Å². The molecule has 28 heavy (non-hydrogen) atoms. The Morgan fingerprint density at radius 1 is 1.18 bits per heavy atom. The van der Waals surface area contributed by atoms with Gasteiger partial charge in [0.15, 0.2) is 0 Å². The third-order valence-electron chi connectivity index (χ3n) is 4.54. The molecule has 2 heterocycles. The largest absolute Gasteiger partial charge is 0.340 e. The van der Waals surface area contributed by atoms with E-state index < -0.39 is 0 Å². The van der Waals surface area contributed by atoms with Crippen LogP contribution in [-0.2, 0) is 18.3 Å². The minimum Gasteiger partial charge on any atom is -0.340 e. The van der Waals surface area contributed by atoms with Crippen molar-refractivity contribution in [3.05, 3.63) is 41.5 Å².